The number of aliphatic imine (C=N–C) groups is 1. The Balaban J connectivity index is 2.24. The van der Waals surface area contributed by atoms with Crippen LogP contribution in [-0.2, 0) is 0 Å². The smallest absolute Gasteiger partial charge is 0.146 e. The van der Waals surface area contributed by atoms with Gasteiger partial charge in [-0.25, -0.2) is 4.99 Å². The predicted molar refractivity (Wildman–Crippen MR) is 81.1 cm³/mol. The number of benzene rings is 1. The second-order valence-electron chi connectivity index (χ2n) is 4.64. The number of piperidine rings is 1. The quantitative estimate of drug-likeness (QED) is 0.524. The number of anilines is 1. The molecule has 0 atom stereocenters. The summed E-state index contributed by atoms with van der Waals surface area (Å²) in [7, 11) is 1.64. The molecule has 1 saturated heterocycles. The second-order valence-corrected chi connectivity index (χ2v) is 4.91. The van der Waals surface area contributed by atoms with Gasteiger partial charge in [-0.05, 0) is 31.4 Å². The van der Waals surface area contributed by atoms with Crippen LogP contribution in [0.3, 0.4) is 0 Å². The molecule has 19 heavy (non-hydrogen) atoms. The van der Waals surface area contributed by atoms with Crippen molar-refractivity contribution >= 4 is 28.8 Å². The molecular formula is C14H20ClN3O. The molecule has 2 rings (SSSR count). The Hall–Kier alpha value is -1.42. The van der Waals surface area contributed by atoms with Crippen LogP contribution in [0.1, 0.15) is 19.3 Å². The van der Waals surface area contributed by atoms with Gasteiger partial charge in [-0.15, -0.1) is 11.6 Å². The van der Waals surface area contributed by atoms with Crippen LogP contribution >= 0.6 is 11.6 Å². The molecule has 104 valence electrons. The van der Waals surface area contributed by atoms with Crippen LogP contribution in [0.4, 0.5) is 11.4 Å². The number of nitrogens with two attached hydrogens (primary N) is 1. The van der Waals surface area contributed by atoms with Crippen LogP contribution in [0.25, 0.3) is 0 Å². The third-order valence-electron chi connectivity index (χ3n) is 3.29. The SMILES string of the molecule is COc1cc(N2CCCCC2)ccc1N=C(N)CCl. The zero-order valence-corrected chi connectivity index (χ0v) is 12.0. The Kier molecular flexibility index (Phi) is 4.91. The number of rotatable bonds is 4. The lowest BCUT2D eigenvalue weighted by Crippen LogP contribution is -2.29. The minimum atomic E-state index is 0.219. The summed E-state index contributed by atoms with van der Waals surface area (Å²) in [6, 6.07) is 6.02. The summed E-state index contributed by atoms with van der Waals surface area (Å²) in [5, 5.41) is 0. The molecule has 0 aliphatic carbocycles. The predicted octanol–water partition coefficient (Wildman–Crippen LogP) is 2.91. The van der Waals surface area contributed by atoms with E-state index in [-0.39, 0.29) is 5.88 Å². The molecule has 2 N–H and O–H groups in total. The molecule has 1 heterocycles. The van der Waals surface area contributed by atoms with Crippen LogP contribution in [0.15, 0.2) is 23.2 Å². The third kappa shape index (κ3) is 3.53. The van der Waals surface area contributed by atoms with Gasteiger partial charge < -0.3 is 15.4 Å². The molecule has 1 fully saturated rings. The minimum absolute atomic E-state index is 0.219. The summed E-state index contributed by atoms with van der Waals surface area (Å²) < 4.78 is 5.39. The van der Waals surface area contributed by atoms with E-state index in [0.717, 1.165) is 24.5 Å². The maximum atomic E-state index is 5.66. The van der Waals surface area contributed by atoms with Gasteiger partial charge in [0.2, 0.25) is 0 Å². The topological polar surface area (TPSA) is 50.8 Å². The van der Waals surface area contributed by atoms with Crippen molar-refractivity contribution in [2.45, 2.75) is 19.3 Å². The highest BCUT2D eigenvalue weighted by atomic mass is 35.5. The zero-order chi connectivity index (χ0) is 13.7. The van der Waals surface area contributed by atoms with Gasteiger partial charge in [-0.2, -0.15) is 0 Å². The third-order valence-corrected chi connectivity index (χ3v) is 3.56. The van der Waals surface area contributed by atoms with Gasteiger partial charge in [0.25, 0.3) is 0 Å². The van der Waals surface area contributed by atoms with Gasteiger partial charge in [0, 0.05) is 24.8 Å². The number of amidine groups is 1. The first-order chi connectivity index (χ1) is 9.24. The van der Waals surface area contributed by atoms with Gasteiger partial charge in [-0.3, -0.25) is 0 Å². The van der Waals surface area contributed by atoms with Crippen molar-refractivity contribution in [3.8, 4) is 5.75 Å². The Morgan fingerprint density at radius 3 is 2.74 bits per heavy atom. The van der Waals surface area contributed by atoms with Crippen molar-refractivity contribution in [3.63, 3.8) is 0 Å². The summed E-state index contributed by atoms with van der Waals surface area (Å²) in [4.78, 5) is 6.63. The molecule has 0 saturated carbocycles. The molecule has 1 aliphatic rings. The van der Waals surface area contributed by atoms with Crippen LogP contribution in [0.5, 0.6) is 5.75 Å². The van der Waals surface area contributed by atoms with Crippen LogP contribution in [0, 0.1) is 0 Å². The number of hydrogen-bond donors (Lipinski definition) is 1. The highest BCUT2D eigenvalue weighted by Crippen LogP contribution is 2.33. The number of methoxy groups -OCH3 is 1. The van der Waals surface area contributed by atoms with E-state index >= 15 is 0 Å². The first-order valence-corrected chi connectivity index (χ1v) is 7.10. The summed E-state index contributed by atoms with van der Waals surface area (Å²) in [5.41, 5.74) is 7.57. The molecule has 0 amide bonds. The molecule has 0 radical (unpaired) electrons. The van der Waals surface area contributed by atoms with Gasteiger partial charge in [0.15, 0.2) is 0 Å². The van der Waals surface area contributed by atoms with E-state index in [1.807, 2.05) is 12.1 Å². The fraction of sp³-hybridized carbons (Fsp3) is 0.500. The molecule has 4 nitrogen and oxygen atoms in total. The van der Waals surface area contributed by atoms with E-state index in [4.69, 9.17) is 22.1 Å². The van der Waals surface area contributed by atoms with Gasteiger partial charge in [-0.1, -0.05) is 0 Å². The van der Waals surface area contributed by atoms with Crippen molar-refractivity contribution < 1.29 is 4.74 Å². The number of hydrogen-bond acceptors (Lipinski definition) is 3. The van der Waals surface area contributed by atoms with Crippen LogP contribution in [0.2, 0.25) is 0 Å². The molecule has 0 unspecified atom stereocenters. The largest absolute Gasteiger partial charge is 0.494 e. The van der Waals surface area contributed by atoms with Crippen LogP contribution < -0.4 is 15.4 Å². The fourth-order valence-corrected chi connectivity index (χ4v) is 2.35. The van der Waals surface area contributed by atoms with E-state index in [1.165, 1.54) is 24.9 Å². The zero-order valence-electron chi connectivity index (χ0n) is 11.2. The second kappa shape index (κ2) is 6.66. The van der Waals surface area contributed by atoms with Gasteiger partial charge in [0.1, 0.15) is 17.3 Å². The fourth-order valence-electron chi connectivity index (χ4n) is 2.29. The summed E-state index contributed by atoms with van der Waals surface area (Å²) in [6.07, 6.45) is 3.82. The van der Waals surface area contributed by atoms with Crippen molar-refractivity contribution in [1.29, 1.82) is 0 Å². The normalized spacial score (nSPS) is 16.5. The molecule has 5 heteroatoms. The van der Waals surface area contributed by atoms with Crippen molar-refractivity contribution in [3.05, 3.63) is 18.2 Å². The lowest BCUT2D eigenvalue weighted by atomic mass is 10.1. The average molecular weight is 282 g/mol. The highest BCUT2D eigenvalue weighted by molar-refractivity contribution is 6.28. The first-order valence-electron chi connectivity index (χ1n) is 6.56. The van der Waals surface area contributed by atoms with Gasteiger partial charge in [0.05, 0.1) is 13.0 Å². The Bertz CT molecular complexity index is 456. The van der Waals surface area contributed by atoms with Gasteiger partial charge >= 0.3 is 0 Å². The first kappa shape index (κ1) is 14.0. The monoisotopic (exact) mass is 281 g/mol. The Morgan fingerprint density at radius 1 is 1.37 bits per heavy atom. The Labute approximate surface area is 119 Å². The van der Waals surface area contributed by atoms with E-state index in [9.17, 15) is 0 Å². The highest BCUT2D eigenvalue weighted by Gasteiger charge is 2.13. The van der Waals surface area contributed by atoms with Crippen molar-refractivity contribution in [2.75, 3.05) is 31.0 Å². The molecule has 1 aromatic rings. The van der Waals surface area contributed by atoms with E-state index in [1.54, 1.807) is 7.11 Å². The molecule has 0 bridgehead atoms. The number of halogens is 1. The van der Waals surface area contributed by atoms with Crippen molar-refractivity contribution in [1.82, 2.24) is 0 Å². The Morgan fingerprint density at radius 2 is 2.11 bits per heavy atom. The number of alkyl halides is 1. The molecule has 1 aromatic carbocycles. The standard InChI is InChI=1S/C14H20ClN3O/c1-19-13-9-11(18-7-3-2-4-8-18)5-6-12(13)17-14(16)10-15/h5-6,9H,2-4,7-8,10H2,1H3,(H2,16,17). The molecule has 0 spiro atoms. The van der Waals surface area contributed by atoms with Crippen molar-refractivity contribution in [2.24, 2.45) is 10.7 Å². The summed E-state index contributed by atoms with van der Waals surface area (Å²) in [5.74, 6) is 1.35. The number of nitrogens with zero attached hydrogens (tertiary/aromatic N) is 2. The van der Waals surface area contributed by atoms with E-state index in [0.29, 0.717) is 5.84 Å². The molecular weight excluding hydrogens is 262 g/mol. The lowest BCUT2D eigenvalue weighted by molar-refractivity contribution is 0.416. The molecule has 0 aromatic heterocycles. The lowest BCUT2D eigenvalue weighted by Gasteiger charge is -2.29. The van der Waals surface area contributed by atoms with E-state index in [2.05, 4.69) is 16.0 Å². The molecule has 1 aliphatic heterocycles. The summed E-state index contributed by atoms with van der Waals surface area (Å²) in [6.45, 7) is 2.21. The van der Waals surface area contributed by atoms with E-state index < -0.39 is 0 Å². The average Bonchev–Trinajstić information content (AvgIpc) is 2.48. The maximum Gasteiger partial charge on any atom is 0.146 e. The summed E-state index contributed by atoms with van der Waals surface area (Å²) >= 11 is 5.65. The minimum Gasteiger partial charge on any atom is -0.494 e. The van der Waals surface area contributed by atoms with Crippen LogP contribution in [-0.4, -0.2) is 31.9 Å². The maximum absolute atomic E-state index is 5.66. The number of ether oxygens (including phenoxy) is 1.